The fourth-order valence-corrected chi connectivity index (χ4v) is 1.94. The maximum atomic E-state index is 11.5. The lowest BCUT2D eigenvalue weighted by Crippen LogP contribution is -2.16. The van der Waals surface area contributed by atoms with Crippen molar-refractivity contribution in [3.05, 3.63) is 33.3 Å². The van der Waals surface area contributed by atoms with Crippen LogP contribution in [0.4, 0.5) is 0 Å². The number of Topliss-reactive ketones (excluding diaryl/α,β-unsaturated/α-hetero) is 1. The lowest BCUT2D eigenvalue weighted by molar-refractivity contribution is -0.122. The van der Waals surface area contributed by atoms with Crippen LogP contribution in [-0.2, 0) is 16.0 Å². The number of ether oxygens (including phenoxy) is 1. The van der Waals surface area contributed by atoms with Gasteiger partial charge in [-0.2, -0.15) is 0 Å². The summed E-state index contributed by atoms with van der Waals surface area (Å²) in [6, 6.07) is 5.45. The lowest BCUT2D eigenvalue weighted by atomic mass is 10.1. The van der Waals surface area contributed by atoms with Gasteiger partial charge in [0.2, 0.25) is 0 Å². The van der Waals surface area contributed by atoms with Crippen molar-refractivity contribution in [3.63, 3.8) is 0 Å². The number of rotatable bonds is 6. The Balaban J connectivity index is 2.49. The highest BCUT2D eigenvalue weighted by atomic mass is 79.9. The molecule has 88 valence electrons. The topological polar surface area (TPSA) is 52.3 Å². The minimum absolute atomic E-state index is 0.00216. The predicted molar refractivity (Wildman–Crippen MR) is 67.7 cm³/mol. The van der Waals surface area contributed by atoms with Crippen molar-refractivity contribution < 1.29 is 9.53 Å². The highest BCUT2D eigenvalue weighted by Crippen LogP contribution is 2.21. The van der Waals surface area contributed by atoms with E-state index in [1.165, 1.54) is 0 Å². The molecule has 0 fully saturated rings. The van der Waals surface area contributed by atoms with Crippen molar-refractivity contribution in [2.75, 3.05) is 19.8 Å². The van der Waals surface area contributed by atoms with Crippen molar-refractivity contribution in [1.29, 1.82) is 0 Å². The first-order chi connectivity index (χ1) is 7.63. The Morgan fingerprint density at radius 3 is 2.88 bits per heavy atom. The van der Waals surface area contributed by atoms with E-state index in [1.807, 2.05) is 12.1 Å². The Hall–Kier alpha value is -0.420. The maximum absolute atomic E-state index is 11.5. The van der Waals surface area contributed by atoms with E-state index in [0.29, 0.717) is 18.2 Å². The van der Waals surface area contributed by atoms with E-state index in [-0.39, 0.29) is 18.8 Å². The molecule has 0 atom stereocenters. The second-order valence-electron chi connectivity index (χ2n) is 3.29. The Morgan fingerprint density at radius 2 is 2.25 bits per heavy atom. The van der Waals surface area contributed by atoms with Gasteiger partial charge in [0.05, 0.1) is 6.61 Å². The average Bonchev–Trinajstić information content (AvgIpc) is 2.23. The molecule has 1 rings (SSSR count). The molecule has 0 radical (unpaired) electrons. The van der Waals surface area contributed by atoms with Crippen molar-refractivity contribution in [2.24, 2.45) is 5.73 Å². The van der Waals surface area contributed by atoms with Crippen LogP contribution in [0.5, 0.6) is 0 Å². The molecule has 0 unspecified atom stereocenters. The molecule has 1 aromatic carbocycles. The number of hydrogen-bond donors (Lipinski definition) is 1. The highest BCUT2D eigenvalue weighted by Gasteiger charge is 2.07. The van der Waals surface area contributed by atoms with E-state index in [0.717, 1.165) is 10.0 Å². The molecule has 5 heteroatoms. The van der Waals surface area contributed by atoms with Crippen molar-refractivity contribution in [1.82, 2.24) is 0 Å². The summed E-state index contributed by atoms with van der Waals surface area (Å²) < 4.78 is 5.95. The molecule has 16 heavy (non-hydrogen) atoms. The molecule has 0 aromatic heterocycles. The van der Waals surface area contributed by atoms with E-state index in [4.69, 9.17) is 22.1 Å². The van der Waals surface area contributed by atoms with Crippen LogP contribution in [0.2, 0.25) is 5.02 Å². The Bertz CT molecular complexity index is 371. The third kappa shape index (κ3) is 4.61. The quantitative estimate of drug-likeness (QED) is 0.820. The molecule has 0 aliphatic rings. The Labute approximate surface area is 108 Å². The van der Waals surface area contributed by atoms with Crippen LogP contribution >= 0.6 is 27.5 Å². The van der Waals surface area contributed by atoms with Crippen LogP contribution in [-0.4, -0.2) is 25.5 Å². The first-order valence-electron chi connectivity index (χ1n) is 4.87. The molecule has 0 saturated heterocycles. The summed E-state index contributed by atoms with van der Waals surface area (Å²) in [4.78, 5) is 11.5. The van der Waals surface area contributed by atoms with Crippen LogP contribution in [0.15, 0.2) is 22.7 Å². The zero-order valence-corrected chi connectivity index (χ0v) is 11.1. The van der Waals surface area contributed by atoms with Gasteiger partial charge in [-0.05, 0) is 17.7 Å². The van der Waals surface area contributed by atoms with Gasteiger partial charge in [0.1, 0.15) is 6.61 Å². The third-order valence-electron chi connectivity index (χ3n) is 1.93. The predicted octanol–water partition coefficient (Wildman–Crippen LogP) is 2.19. The number of benzene rings is 1. The Morgan fingerprint density at radius 1 is 1.50 bits per heavy atom. The summed E-state index contributed by atoms with van der Waals surface area (Å²) >= 11 is 9.30. The molecule has 1 aromatic rings. The number of ketones is 1. The number of halogens is 2. The van der Waals surface area contributed by atoms with Gasteiger partial charge in [-0.3, -0.25) is 4.79 Å². The van der Waals surface area contributed by atoms with Crippen molar-refractivity contribution in [2.45, 2.75) is 6.42 Å². The summed E-state index contributed by atoms with van der Waals surface area (Å²) in [7, 11) is 0. The normalized spacial score (nSPS) is 10.4. The third-order valence-corrected chi connectivity index (χ3v) is 2.77. The fraction of sp³-hybridized carbons (Fsp3) is 0.364. The van der Waals surface area contributed by atoms with E-state index in [9.17, 15) is 4.79 Å². The minimum atomic E-state index is -0.00216. The molecule has 0 saturated carbocycles. The van der Waals surface area contributed by atoms with Crippen LogP contribution in [0.3, 0.4) is 0 Å². The molecule has 3 nitrogen and oxygen atoms in total. The van der Waals surface area contributed by atoms with E-state index >= 15 is 0 Å². The average molecular weight is 307 g/mol. The fourth-order valence-electron chi connectivity index (χ4n) is 1.20. The smallest absolute Gasteiger partial charge is 0.162 e. The van der Waals surface area contributed by atoms with Gasteiger partial charge in [-0.25, -0.2) is 0 Å². The summed E-state index contributed by atoms with van der Waals surface area (Å²) in [5.74, 6) is -0.00216. The van der Waals surface area contributed by atoms with Crippen molar-refractivity contribution in [3.8, 4) is 0 Å². The molecule has 0 amide bonds. The standard InChI is InChI=1S/C11H13BrClNO2/c12-9-2-1-8(11(13)6-9)5-10(15)7-16-4-3-14/h1-2,6H,3-5,7,14H2. The molecular formula is C11H13BrClNO2. The van der Waals surface area contributed by atoms with Gasteiger partial charge in [-0.15, -0.1) is 0 Å². The zero-order valence-electron chi connectivity index (χ0n) is 8.71. The monoisotopic (exact) mass is 305 g/mol. The van der Waals surface area contributed by atoms with E-state index in [1.54, 1.807) is 6.07 Å². The molecule has 0 aliphatic carbocycles. The second-order valence-corrected chi connectivity index (χ2v) is 4.62. The molecule has 0 bridgehead atoms. The van der Waals surface area contributed by atoms with Crippen LogP contribution < -0.4 is 5.73 Å². The first kappa shape index (κ1) is 13.6. The second kappa shape index (κ2) is 7.01. The maximum Gasteiger partial charge on any atom is 0.162 e. The zero-order chi connectivity index (χ0) is 12.0. The molecule has 0 aliphatic heterocycles. The van der Waals surface area contributed by atoms with Gasteiger partial charge in [0.15, 0.2) is 5.78 Å². The number of carbonyl (C=O) groups excluding carboxylic acids is 1. The van der Waals surface area contributed by atoms with E-state index in [2.05, 4.69) is 15.9 Å². The van der Waals surface area contributed by atoms with Gasteiger partial charge in [0.25, 0.3) is 0 Å². The highest BCUT2D eigenvalue weighted by molar-refractivity contribution is 9.10. The first-order valence-corrected chi connectivity index (χ1v) is 6.04. The molecular weight excluding hydrogens is 293 g/mol. The minimum Gasteiger partial charge on any atom is -0.372 e. The summed E-state index contributed by atoms with van der Waals surface area (Å²) in [6.45, 7) is 0.912. The van der Waals surface area contributed by atoms with Crippen LogP contribution in [0.1, 0.15) is 5.56 Å². The SMILES string of the molecule is NCCOCC(=O)Cc1ccc(Br)cc1Cl. The van der Waals surface area contributed by atoms with Gasteiger partial charge < -0.3 is 10.5 Å². The van der Waals surface area contributed by atoms with Crippen molar-refractivity contribution >= 4 is 33.3 Å². The number of carbonyl (C=O) groups is 1. The molecule has 0 heterocycles. The molecule has 2 N–H and O–H groups in total. The largest absolute Gasteiger partial charge is 0.372 e. The summed E-state index contributed by atoms with van der Waals surface area (Å²) in [5.41, 5.74) is 6.06. The molecule has 0 spiro atoms. The van der Waals surface area contributed by atoms with Crippen LogP contribution in [0, 0.1) is 0 Å². The van der Waals surface area contributed by atoms with Crippen LogP contribution in [0.25, 0.3) is 0 Å². The number of hydrogen-bond acceptors (Lipinski definition) is 3. The number of nitrogens with two attached hydrogens (primary N) is 1. The lowest BCUT2D eigenvalue weighted by Gasteiger charge is -2.05. The van der Waals surface area contributed by atoms with E-state index < -0.39 is 0 Å². The van der Waals surface area contributed by atoms with Gasteiger partial charge in [-0.1, -0.05) is 33.6 Å². The Kier molecular flexibility index (Phi) is 5.98. The van der Waals surface area contributed by atoms with Gasteiger partial charge >= 0.3 is 0 Å². The van der Waals surface area contributed by atoms with Gasteiger partial charge in [0, 0.05) is 22.5 Å². The summed E-state index contributed by atoms with van der Waals surface area (Å²) in [6.07, 6.45) is 0.288. The summed E-state index contributed by atoms with van der Waals surface area (Å²) in [5, 5.41) is 0.585.